The highest BCUT2D eigenvalue weighted by Gasteiger charge is 2.60. The molecule has 0 aliphatic heterocycles. The normalized spacial score (nSPS) is 48.0. The summed E-state index contributed by atoms with van der Waals surface area (Å²) in [6, 6.07) is 0. The van der Waals surface area contributed by atoms with Crippen molar-refractivity contribution in [2.75, 3.05) is 7.11 Å². The van der Waals surface area contributed by atoms with Gasteiger partial charge in [0.05, 0.1) is 12.2 Å². The summed E-state index contributed by atoms with van der Waals surface area (Å²) in [4.78, 5) is 0. The van der Waals surface area contributed by atoms with Gasteiger partial charge in [0, 0.05) is 7.11 Å². The number of aliphatic hydroxyl groups is 1. The molecule has 1 N–H and O–H groups in total. The Hall–Kier alpha value is -0.0800. The number of hydrogen-bond acceptors (Lipinski definition) is 2. The fraction of sp³-hybridized carbons (Fsp3) is 1.00. The molecular weight excluding hydrogens is 368 g/mol. The van der Waals surface area contributed by atoms with Crippen LogP contribution in [0.25, 0.3) is 0 Å². The molecule has 0 bridgehead atoms. The lowest BCUT2D eigenvalue weighted by Gasteiger charge is -2.61. The van der Waals surface area contributed by atoms with E-state index in [1.54, 1.807) is 0 Å². The highest BCUT2D eigenvalue weighted by molar-refractivity contribution is 5.09. The molecule has 4 aliphatic carbocycles. The third-order valence-corrected chi connectivity index (χ3v) is 11.4. The summed E-state index contributed by atoms with van der Waals surface area (Å²) in [5.41, 5.74) is 1.13. The second kappa shape index (κ2) is 8.69. The third kappa shape index (κ3) is 3.81. The molecule has 0 saturated heterocycles. The monoisotopic (exact) mass is 418 g/mol. The molecule has 174 valence electrons. The van der Waals surface area contributed by atoms with Crippen molar-refractivity contribution >= 4 is 0 Å². The molecule has 0 aromatic heterocycles. The molecule has 0 aromatic rings. The topological polar surface area (TPSA) is 29.5 Å². The van der Waals surface area contributed by atoms with E-state index in [2.05, 4.69) is 34.6 Å². The first-order valence-electron chi connectivity index (χ1n) is 13.4. The summed E-state index contributed by atoms with van der Waals surface area (Å²) >= 11 is 0. The largest absolute Gasteiger partial charge is 0.393 e. The second-order valence-corrected chi connectivity index (χ2v) is 12.9. The summed E-state index contributed by atoms with van der Waals surface area (Å²) in [7, 11) is 1.92. The Morgan fingerprint density at radius 3 is 2.27 bits per heavy atom. The lowest BCUT2D eigenvalue weighted by Crippen LogP contribution is -2.54. The van der Waals surface area contributed by atoms with Crippen LogP contribution in [0.5, 0.6) is 0 Å². The van der Waals surface area contributed by atoms with Crippen molar-refractivity contribution in [3.8, 4) is 0 Å². The van der Waals surface area contributed by atoms with Crippen molar-refractivity contribution < 1.29 is 9.84 Å². The van der Waals surface area contributed by atoms with Crippen molar-refractivity contribution in [1.82, 2.24) is 0 Å². The summed E-state index contributed by atoms with van der Waals surface area (Å²) in [5.74, 6) is 5.81. The summed E-state index contributed by atoms with van der Waals surface area (Å²) in [5, 5.41) is 10.3. The molecule has 0 amide bonds. The Labute approximate surface area is 186 Å². The van der Waals surface area contributed by atoms with Crippen LogP contribution in [0.4, 0.5) is 0 Å². The molecule has 2 nitrogen and oxygen atoms in total. The maximum atomic E-state index is 10.3. The molecular formula is C28H50O2. The zero-order valence-electron chi connectivity index (χ0n) is 20.8. The van der Waals surface area contributed by atoms with Gasteiger partial charge in [-0.15, -0.1) is 0 Å². The van der Waals surface area contributed by atoms with Crippen molar-refractivity contribution in [1.29, 1.82) is 0 Å². The number of ether oxygens (including phenoxy) is 1. The van der Waals surface area contributed by atoms with E-state index in [-0.39, 0.29) is 6.10 Å². The second-order valence-electron chi connectivity index (χ2n) is 12.9. The molecule has 4 rings (SSSR count). The SMILES string of the molecule is CO[C@H]1CC[C@@]2(C)[C@@H](CC[C@@H]3[C@@H]2CC[C@]2(C)[C@@H]([C@H](C)CCC(O)C(C)C)CC[C@@H]32)C1. The summed E-state index contributed by atoms with van der Waals surface area (Å²) < 4.78 is 5.78. The third-order valence-electron chi connectivity index (χ3n) is 11.4. The van der Waals surface area contributed by atoms with E-state index in [1.807, 2.05) is 7.11 Å². The number of methoxy groups -OCH3 is 1. The predicted molar refractivity (Wildman–Crippen MR) is 125 cm³/mol. The smallest absolute Gasteiger partial charge is 0.0574 e. The molecule has 30 heavy (non-hydrogen) atoms. The first kappa shape index (κ1) is 23.1. The van der Waals surface area contributed by atoms with Gasteiger partial charge in [-0.05, 0) is 123 Å². The Kier molecular flexibility index (Phi) is 6.69. The molecule has 1 unspecified atom stereocenters. The van der Waals surface area contributed by atoms with Crippen LogP contribution in [0, 0.1) is 52.3 Å². The summed E-state index contributed by atoms with van der Waals surface area (Å²) in [6.45, 7) is 12.2. The van der Waals surface area contributed by atoms with Gasteiger partial charge in [0.25, 0.3) is 0 Å². The fourth-order valence-corrected chi connectivity index (χ4v) is 9.38. The molecule has 0 aromatic carbocycles. The van der Waals surface area contributed by atoms with Gasteiger partial charge >= 0.3 is 0 Å². The van der Waals surface area contributed by atoms with E-state index >= 15 is 0 Å². The Bertz CT molecular complexity index is 587. The lowest BCUT2D eigenvalue weighted by atomic mass is 9.44. The maximum absolute atomic E-state index is 10.3. The van der Waals surface area contributed by atoms with Crippen molar-refractivity contribution in [3.63, 3.8) is 0 Å². The lowest BCUT2D eigenvalue weighted by molar-refractivity contribution is -0.133. The minimum atomic E-state index is -0.120. The average molecular weight is 419 g/mol. The molecule has 10 atom stereocenters. The van der Waals surface area contributed by atoms with Crippen molar-refractivity contribution in [3.05, 3.63) is 0 Å². The van der Waals surface area contributed by atoms with E-state index in [1.165, 1.54) is 64.2 Å². The van der Waals surface area contributed by atoms with Gasteiger partial charge in [0.2, 0.25) is 0 Å². The molecule has 4 fully saturated rings. The van der Waals surface area contributed by atoms with Crippen LogP contribution in [-0.4, -0.2) is 24.4 Å². The van der Waals surface area contributed by atoms with Crippen molar-refractivity contribution in [2.24, 2.45) is 52.3 Å². The zero-order chi connectivity index (χ0) is 21.7. The van der Waals surface area contributed by atoms with Gasteiger partial charge < -0.3 is 9.84 Å². The van der Waals surface area contributed by atoms with Crippen LogP contribution in [0.3, 0.4) is 0 Å². The molecule has 2 heteroatoms. The Morgan fingerprint density at radius 1 is 0.867 bits per heavy atom. The first-order chi connectivity index (χ1) is 14.2. The van der Waals surface area contributed by atoms with Crippen LogP contribution >= 0.6 is 0 Å². The van der Waals surface area contributed by atoms with E-state index in [0.717, 1.165) is 41.9 Å². The van der Waals surface area contributed by atoms with Gasteiger partial charge in [0.1, 0.15) is 0 Å². The van der Waals surface area contributed by atoms with E-state index in [0.29, 0.717) is 22.9 Å². The molecule has 0 heterocycles. The van der Waals surface area contributed by atoms with E-state index in [9.17, 15) is 5.11 Å². The van der Waals surface area contributed by atoms with Crippen LogP contribution < -0.4 is 0 Å². The average Bonchev–Trinajstić information content (AvgIpc) is 3.08. The van der Waals surface area contributed by atoms with Crippen molar-refractivity contribution in [2.45, 2.75) is 117 Å². The minimum Gasteiger partial charge on any atom is -0.393 e. The van der Waals surface area contributed by atoms with Gasteiger partial charge in [-0.2, -0.15) is 0 Å². The first-order valence-corrected chi connectivity index (χ1v) is 13.4. The number of rotatable bonds is 6. The quantitative estimate of drug-likeness (QED) is 0.499. The van der Waals surface area contributed by atoms with Crippen LogP contribution in [0.2, 0.25) is 0 Å². The van der Waals surface area contributed by atoms with Crippen LogP contribution in [0.15, 0.2) is 0 Å². The Morgan fingerprint density at radius 2 is 1.57 bits per heavy atom. The number of fused-ring (bicyclic) bond motifs is 5. The number of aliphatic hydroxyl groups excluding tert-OH is 1. The molecule has 4 saturated carbocycles. The maximum Gasteiger partial charge on any atom is 0.0574 e. The number of hydrogen-bond donors (Lipinski definition) is 1. The fourth-order valence-electron chi connectivity index (χ4n) is 9.38. The zero-order valence-corrected chi connectivity index (χ0v) is 20.8. The standard InChI is InChI=1S/C28H50O2/c1-18(2)26(29)12-7-19(3)23-10-11-24-22-9-8-20-17-21(30-6)13-15-27(20,4)25(22)14-16-28(23,24)5/h18-26,29H,7-17H2,1-6H3/t19-,20+,21+,22+,23-,24+,25+,26?,27+,28-/m1/s1. The Balaban J connectivity index is 1.45. The van der Waals surface area contributed by atoms with Gasteiger partial charge in [-0.1, -0.05) is 34.6 Å². The highest BCUT2D eigenvalue weighted by atomic mass is 16.5. The minimum absolute atomic E-state index is 0.120. The van der Waals surface area contributed by atoms with Crippen LogP contribution in [-0.2, 0) is 4.74 Å². The molecule has 0 spiro atoms. The summed E-state index contributed by atoms with van der Waals surface area (Å²) in [6.07, 6.45) is 15.4. The molecule has 4 aliphatic rings. The van der Waals surface area contributed by atoms with Crippen LogP contribution in [0.1, 0.15) is 105 Å². The highest BCUT2D eigenvalue weighted by Crippen LogP contribution is 2.68. The van der Waals surface area contributed by atoms with Gasteiger partial charge in [-0.25, -0.2) is 0 Å². The van der Waals surface area contributed by atoms with Gasteiger partial charge in [0.15, 0.2) is 0 Å². The van der Waals surface area contributed by atoms with E-state index < -0.39 is 0 Å². The predicted octanol–water partition coefficient (Wildman–Crippen LogP) is 7.09. The molecule has 0 radical (unpaired) electrons. The van der Waals surface area contributed by atoms with E-state index in [4.69, 9.17) is 4.74 Å². The van der Waals surface area contributed by atoms with Gasteiger partial charge in [-0.3, -0.25) is 0 Å².